The molecule has 4 N–H and O–H groups in total. The zero-order chi connectivity index (χ0) is 32.5. The molecule has 5 amide bonds. The quantitative estimate of drug-likeness (QED) is 0.330. The molecule has 0 bridgehead atoms. The number of benzene rings is 1. The third-order valence-corrected chi connectivity index (χ3v) is 7.70. The molecule has 240 valence electrons. The average molecular weight is 638 g/mol. The van der Waals surface area contributed by atoms with E-state index in [2.05, 4.69) is 35.7 Å². The molecule has 0 unspecified atom stereocenters. The first kappa shape index (κ1) is 33.2. The molecule has 4 rings (SSSR count). The van der Waals surface area contributed by atoms with Crippen molar-refractivity contribution in [2.45, 2.75) is 65.2 Å². The van der Waals surface area contributed by atoms with Crippen LogP contribution in [0.1, 0.15) is 62.8 Å². The fourth-order valence-corrected chi connectivity index (χ4v) is 5.35. The van der Waals surface area contributed by atoms with E-state index in [9.17, 15) is 24.0 Å². The van der Waals surface area contributed by atoms with Gasteiger partial charge >= 0.3 is 0 Å². The molecule has 0 saturated heterocycles. The molecular weight excluding hydrogens is 598 g/mol. The molecule has 3 heterocycles. The number of rotatable bonds is 4. The summed E-state index contributed by atoms with van der Waals surface area (Å²) in [6.07, 6.45) is 2.13. The third kappa shape index (κ3) is 9.17. The first-order valence-electron chi connectivity index (χ1n) is 14.9. The van der Waals surface area contributed by atoms with Crippen molar-refractivity contribution in [3.63, 3.8) is 0 Å². The van der Waals surface area contributed by atoms with Gasteiger partial charge in [0.2, 0.25) is 23.6 Å². The minimum Gasteiger partial charge on any atom is -0.354 e. The van der Waals surface area contributed by atoms with Crippen LogP contribution in [0.25, 0.3) is 11.4 Å². The van der Waals surface area contributed by atoms with Crippen molar-refractivity contribution < 1.29 is 24.0 Å². The molecule has 45 heavy (non-hydrogen) atoms. The highest BCUT2D eigenvalue weighted by molar-refractivity contribution is 7.03. The number of aromatic nitrogens is 4. The van der Waals surface area contributed by atoms with Crippen LogP contribution in [0.2, 0.25) is 0 Å². The van der Waals surface area contributed by atoms with Crippen molar-refractivity contribution in [3.8, 4) is 11.4 Å². The van der Waals surface area contributed by atoms with E-state index >= 15 is 0 Å². The summed E-state index contributed by atoms with van der Waals surface area (Å²) in [5.41, 5.74) is 1.09. The lowest BCUT2D eigenvalue weighted by atomic mass is 10.0. The first-order valence-corrected chi connectivity index (χ1v) is 15.7. The Kier molecular flexibility index (Phi) is 11.4. The molecule has 1 aliphatic rings. The summed E-state index contributed by atoms with van der Waals surface area (Å²) in [5, 5.41) is 17.3. The number of amides is 5. The van der Waals surface area contributed by atoms with Crippen molar-refractivity contribution >= 4 is 41.1 Å². The third-order valence-electron chi connectivity index (χ3n) is 7.11. The summed E-state index contributed by atoms with van der Waals surface area (Å²) in [6, 6.07) is 6.75. The zero-order valence-electron chi connectivity index (χ0n) is 25.8. The van der Waals surface area contributed by atoms with Crippen LogP contribution in [0.3, 0.4) is 0 Å². The number of hydrogen-bond donors (Lipinski definition) is 4. The molecular formula is C30H39N9O5S. The van der Waals surface area contributed by atoms with Gasteiger partial charge < -0.3 is 26.2 Å². The molecule has 2 aromatic heterocycles. The Labute approximate surface area is 265 Å². The van der Waals surface area contributed by atoms with E-state index in [0.29, 0.717) is 30.1 Å². The molecule has 0 fully saturated rings. The van der Waals surface area contributed by atoms with E-state index in [1.807, 2.05) is 44.2 Å². The van der Waals surface area contributed by atoms with Crippen molar-refractivity contribution in [3.05, 3.63) is 53.3 Å². The van der Waals surface area contributed by atoms with Crippen LogP contribution in [0.5, 0.6) is 0 Å². The summed E-state index contributed by atoms with van der Waals surface area (Å²) in [5.74, 6) is -1.43. The molecule has 0 radical (unpaired) electrons. The summed E-state index contributed by atoms with van der Waals surface area (Å²) >= 11 is 1.12. The van der Waals surface area contributed by atoms with Crippen LogP contribution in [0.15, 0.2) is 41.9 Å². The molecule has 3 aromatic rings. The number of nitrogens with one attached hydrogen (secondary N) is 4. The number of hydrogen-bond acceptors (Lipinski definition) is 9. The maximum absolute atomic E-state index is 13.5. The molecule has 14 nitrogen and oxygen atoms in total. The minimum absolute atomic E-state index is 0.0612. The molecule has 0 saturated carbocycles. The van der Waals surface area contributed by atoms with Gasteiger partial charge in [0.05, 0.1) is 24.3 Å². The van der Waals surface area contributed by atoms with Gasteiger partial charge in [0.25, 0.3) is 5.91 Å². The second kappa shape index (κ2) is 15.4. The Morgan fingerprint density at radius 1 is 0.978 bits per heavy atom. The second-order valence-corrected chi connectivity index (χ2v) is 12.0. The molecule has 0 aliphatic carbocycles. The molecule has 15 heteroatoms. The molecule has 1 aliphatic heterocycles. The SMILES string of the molecule is CC(C)C[C@H]1NC(=O)[C@@H](C)NC(=O)CN(C(=O)c2cnsc2)CCCNC(=O)Cn2nc(-c3ccccc3)nc2[C@H](C)NC1=O. The Hall–Kier alpha value is -4.66. The summed E-state index contributed by atoms with van der Waals surface area (Å²) in [6.45, 7) is 7.03. The topological polar surface area (TPSA) is 180 Å². The Morgan fingerprint density at radius 3 is 2.42 bits per heavy atom. The second-order valence-electron chi connectivity index (χ2n) is 11.4. The summed E-state index contributed by atoms with van der Waals surface area (Å²) in [7, 11) is 0. The van der Waals surface area contributed by atoms with E-state index in [1.165, 1.54) is 22.7 Å². The fourth-order valence-electron chi connectivity index (χ4n) is 4.84. The van der Waals surface area contributed by atoms with E-state index in [4.69, 9.17) is 0 Å². The molecule has 3 atom stereocenters. The lowest BCUT2D eigenvalue weighted by molar-refractivity contribution is -0.132. The summed E-state index contributed by atoms with van der Waals surface area (Å²) < 4.78 is 5.43. The maximum Gasteiger partial charge on any atom is 0.256 e. The Morgan fingerprint density at radius 2 is 1.73 bits per heavy atom. The van der Waals surface area contributed by atoms with Crippen LogP contribution in [-0.2, 0) is 25.7 Å². The van der Waals surface area contributed by atoms with Gasteiger partial charge in [0.15, 0.2) is 5.82 Å². The highest BCUT2D eigenvalue weighted by atomic mass is 32.1. The normalized spacial score (nSPS) is 21.0. The standard InChI is InChI=1S/C30H39N9O5S/c1-18(2)13-23-29(43)34-19(3)27-36-26(21-9-6-5-7-10-21)37-39(27)16-24(40)31-11-8-12-38(30(44)22-14-32-45-17-22)15-25(41)33-20(4)28(42)35-23/h5-7,9-10,14,17-20,23H,8,11-13,15-16H2,1-4H3,(H,31,40)(H,33,41)(H,34,43)(H,35,42)/t19-,20+,23+/m0/s1. The van der Waals surface area contributed by atoms with Crippen molar-refractivity contribution in [2.75, 3.05) is 19.6 Å². The number of nitrogens with zero attached hydrogens (tertiary/aromatic N) is 5. The minimum atomic E-state index is -0.977. The Balaban J connectivity index is 1.63. The van der Waals surface area contributed by atoms with Crippen LogP contribution < -0.4 is 21.3 Å². The van der Waals surface area contributed by atoms with E-state index < -0.39 is 41.8 Å². The predicted molar refractivity (Wildman–Crippen MR) is 167 cm³/mol. The average Bonchev–Trinajstić information content (AvgIpc) is 3.68. The van der Waals surface area contributed by atoms with Crippen LogP contribution in [0, 0.1) is 5.92 Å². The Bertz CT molecular complexity index is 1490. The highest BCUT2D eigenvalue weighted by Gasteiger charge is 2.29. The van der Waals surface area contributed by atoms with E-state index in [-0.39, 0.29) is 38.0 Å². The number of fused-ring (bicyclic) bond motifs is 1. The lowest BCUT2D eigenvalue weighted by Gasteiger charge is -2.25. The number of carbonyl (C=O) groups is 5. The smallest absolute Gasteiger partial charge is 0.256 e. The van der Waals surface area contributed by atoms with Crippen molar-refractivity contribution in [2.24, 2.45) is 5.92 Å². The van der Waals surface area contributed by atoms with Gasteiger partial charge in [-0.3, -0.25) is 24.0 Å². The predicted octanol–water partition coefficient (Wildman–Crippen LogP) is 1.28. The largest absolute Gasteiger partial charge is 0.354 e. The van der Waals surface area contributed by atoms with Gasteiger partial charge in [-0.25, -0.2) is 14.0 Å². The van der Waals surface area contributed by atoms with Gasteiger partial charge in [-0.2, -0.15) is 5.10 Å². The van der Waals surface area contributed by atoms with Crippen LogP contribution >= 0.6 is 11.5 Å². The van der Waals surface area contributed by atoms with Crippen molar-refractivity contribution in [1.82, 2.24) is 45.3 Å². The highest BCUT2D eigenvalue weighted by Crippen LogP contribution is 2.19. The summed E-state index contributed by atoms with van der Waals surface area (Å²) in [4.78, 5) is 71.7. The van der Waals surface area contributed by atoms with Gasteiger partial charge in [-0.15, -0.1) is 0 Å². The van der Waals surface area contributed by atoms with Gasteiger partial charge in [0, 0.05) is 24.0 Å². The van der Waals surface area contributed by atoms with Gasteiger partial charge in [-0.1, -0.05) is 44.2 Å². The fraction of sp³-hybridized carbons (Fsp3) is 0.467. The molecule has 1 aromatic carbocycles. The van der Waals surface area contributed by atoms with E-state index in [1.54, 1.807) is 12.3 Å². The number of carbonyl (C=O) groups excluding carboxylic acids is 5. The lowest BCUT2D eigenvalue weighted by Crippen LogP contribution is -2.54. The van der Waals surface area contributed by atoms with Gasteiger partial charge in [0.1, 0.15) is 24.5 Å². The zero-order valence-corrected chi connectivity index (χ0v) is 26.6. The van der Waals surface area contributed by atoms with Crippen molar-refractivity contribution in [1.29, 1.82) is 0 Å². The van der Waals surface area contributed by atoms with E-state index in [0.717, 1.165) is 17.1 Å². The molecule has 0 spiro atoms. The van der Waals surface area contributed by atoms with Gasteiger partial charge in [-0.05, 0) is 44.1 Å². The first-order chi connectivity index (χ1) is 21.5. The van der Waals surface area contributed by atoms with Crippen LogP contribution in [0.4, 0.5) is 0 Å². The maximum atomic E-state index is 13.5. The monoisotopic (exact) mass is 637 g/mol. The van der Waals surface area contributed by atoms with Crippen LogP contribution in [-0.4, -0.2) is 85.3 Å².